The molecule has 32 heavy (non-hydrogen) atoms. The number of carbonyl (C=O) groups is 2. The van der Waals surface area contributed by atoms with Crippen LogP contribution in [0.4, 0.5) is 0 Å². The molecule has 1 aliphatic carbocycles. The number of aryl methyl sites for hydroxylation is 1. The first-order valence-electron chi connectivity index (χ1n) is 11.0. The van der Waals surface area contributed by atoms with Gasteiger partial charge < -0.3 is 23.8 Å². The Balaban J connectivity index is 1.35. The van der Waals surface area contributed by atoms with Crippen LogP contribution in [0.2, 0.25) is 0 Å². The van der Waals surface area contributed by atoms with E-state index in [4.69, 9.17) is 9.47 Å². The van der Waals surface area contributed by atoms with Crippen molar-refractivity contribution in [2.24, 2.45) is 12.5 Å². The monoisotopic (exact) mass is 439 g/mol. The Kier molecular flexibility index (Phi) is 4.96. The molecule has 2 saturated heterocycles. The smallest absolute Gasteiger partial charge is 0.248 e. The first kappa shape index (κ1) is 20.9. The van der Waals surface area contributed by atoms with E-state index >= 15 is 0 Å². The second-order valence-electron chi connectivity index (χ2n) is 9.39. The molecule has 2 aliphatic heterocycles. The fourth-order valence-electron chi connectivity index (χ4n) is 5.48. The van der Waals surface area contributed by atoms with Crippen LogP contribution < -0.4 is 4.74 Å². The molecular weight excluding hydrogens is 410 g/mol. The number of hydrogen-bond donors (Lipinski definition) is 0. The van der Waals surface area contributed by atoms with Gasteiger partial charge in [0, 0.05) is 51.7 Å². The molecule has 0 N–H and O–H groups in total. The minimum Gasteiger partial charge on any atom is -0.497 e. The van der Waals surface area contributed by atoms with Crippen molar-refractivity contribution in [3.8, 4) is 5.75 Å². The number of amides is 2. The minimum atomic E-state index is -0.418. The molecule has 5 rings (SSSR count). The lowest BCUT2D eigenvalue weighted by Gasteiger charge is -2.51. The Labute approximate surface area is 187 Å². The second-order valence-corrected chi connectivity index (χ2v) is 9.39. The molecule has 1 aromatic carbocycles. The van der Waals surface area contributed by atoms with Crippen LogP contribution in [0, 0.1) is 5.41 Å². The number of nitrogens with zero attached hydrogens (tertiary/aromatic N) is 5. The summed E-state index contributed by atoms with van der Waals surface area (Å²) in [4.78, 5) is 29.9. The summed E-state index contributed by atoms with van der Waals surface area (Å²) >= 11 is 0. The molecule has 3 fully saturated rings. The van der Waals surface area contributed by atoms with E-state index in [0.29, 0.717) is 26.2 Å². The van der Waals surface area contributed by atoms with Gasteiger partial charge in [-0.2, -0.15) is 0 Å². The van der Waals surface area contributed by atoms with E-state index in [-0.39, 0.29) is 29.8 Å². The lowest BCUT2D eigenvalue weighted by molar-refractivity contribution is -0.147. The zero-order chi connectivity index (χ0) is 22.5. The van der Waals surface area contributed by atoms with Crippen molar-refractivity contribution in [3.05, 3.63) is 42.0 Å². The largest absolute Gasteiger partial charge is 0.497 e. The summed E-state index contributed by atoms with van der Waals surface area (Å²) in [5, 5.41) is 8.39. The highest BCUT2D eigenvalue weighted by atomic mass is 16.5. The van der Waals surface area contributed by atoms with E-state index in [0.717, 1.165) is 30.0 Å². The highest BCUT2D eigenvalue weighted by Gasteiger charge is 2.62. The van der Waals surface area contributed by atoms with E-state index in [2.05, 4.69) is 10.2 Å². The molecule has 3 heterocycles. The molecule has 3 aliphatic rings. The van der Waals surface area contributed by atoms with Crippen LogP contribution in [-0.2, 0) is 26.8 Å². The average molecular weight is 440 g/mol. The Hall–Kier alpha value is -2.94. The predicted molar refractivity (Wildman–Crippen MR) is 115 cm³/mol. The van der Waals surface area contributed by atoms with Crippen LogP contribution in [0.15, 0.2) is 30.6 Å². The molecule has 1 unspecified atom stereocenters. The maximum atomic E-state index is 13.5. The Morgan fingerprint density at radius 1 is 1.09 bits per heavy atom. The summed E-state index contributed by atoms with van der Waals surface area (Å²) in [6, 6.07) is 7.84. The summed E-state index contributed by atoms with van der Waals surface area (Å²) in [5.41, 5.74) is 0.436. The molecule has 1 saturated carbocycles. The zero-order valence-corrected chi connectivity index (χ0v) is 18.8. The van der Waals surface area contributed by atoms with E-state index in [1.165, 1.54) is 7.11 Å². The van der Waals surface area contributed by atoms with Gasteiger partial charge >= 0.3 is 0 Å². The van der Waals surface area contributed by atoms with Gasteiger partial charge in [0.05, 0.1) is 12.5 Å². The highest BCUT2D eigenvalue weighted by Crippen LogP contribution is 2.54. The first-order valence-corrected chi connectivity index (χ1v) is 11.0. The van der Waals surface area contributed by atoms with Gasteiger partial charge in [0.15, 0.2) is 0 Å². The van der Waals surface area contributed by atoms with Gasteiger partial charge in [-0.3, -0.25) is 9.59 Å². The number of carbonyl (C=O) groups excluding carboxylic acids is 2. The van der Waals surface area contributed by atoms with E-state index < -0.39 is 5.41 Å². The van der Waals surface area contributed by atoms with Crippen LogP contribution in [0.1, 0.15) is 30.1 Å². The van der Waals surface area contributed by atoms with Crippen LogP contribution in [-0.4, -0.2) is 83.4 Å². The van der Waals surface area contributed by atoms with Crippen molar-refractivity contribution in [2.45, 2.75) is 24.2 Å². The molecule has 170 valence electrons. The summed E-state index contributed by atoms with van der Waals surface area (Å²) < 4.78 is 12.2. The molecule has 9 heteroatoms. The molecule has 0 bridgehead atoms. The molecule has 2 amide bonds. The Bertz CT molecular complexity index is 1020. The summed E-state index contributed by atoms with van der Waals surface area (Å²) in [6.07, 6.45) is 3.42. The first-order chi connectivity index (χ1) is 15.4. The topological polar surface area (TPSA) is 89.8 Å². The van der Waals surface area contributed by atoms with Gasteiger partial charge in [0.1, 0.15) is 24.5 Å². The maximum absolute atomic E-state index is 13.5. The van der Waals surface area contributed by atoms with Gasteiger partial charge in [-0.05, 0) is 30.5 Å². The number of likely N-dealkylation sites (tertiary alicyclic amines) is 2. The van der Waals surface area contributed by atoms with Crippen molar-refractivity contribution >= 4 is 11.8 Å². The van der Waals surface area contributed by atoms with Crippen LogP contribution in [0.5, 0.6) is 5.75 Å². The van der Waals surface area contributed by atoms with Crippen LogP contribution in [0.3, 0.4) is 0 Å². The van der Waals surface area contributed by atoms with Crippen molar-refractivity contribution in [1.82, 2.24) is 24.6 Å². The van der Waals surface area contributed by atoms with Crippen molar-refractivity contribution in [3.63, 3.8) is 0 Å². The number of rotatable bonds is 6. The second kappa shape index (κ2) is 7.58. The van der Waals surface area contributed by atoms with Crippen molar-refractivity contribution < 1.29 is 19.1 Å². The van der Waals surface area contributed by atoms with Crippen molar-refractivity contribution in [2.75, 3.05) is 47.0 Å². The fourth-order valence-corrected chi connectivity index (χ4v) is 5.48. The Morgan fingerprint density at radius 3 is 2.34 bits per heavy atom. The van der Waals surface area contributed by atoms with Gasteiger partial charge in [-0.25, -0.2) is 0 Å². The normalized spacial score (nSPS) is 22.7. The van der Waals surface area contributed by atoms with Gasteiger partial charge in [0.25, 0.3) is 0 Å². The zero-order valence-electron chi connectivity index (χ0n) is 18.8. The van der Waals surface area contributed by atoms with Gasteiger partial charge in [0.2, 0.25) is 11.8 Å². The number of ether oxygens (including phenoxy) is 2. The predicted octanol–water partition coefficient (Wildman–Crippen LogP) is 0.956. The third-order valence-corrected chi connectivity index (χ3v) is 7.43. The van der Waals surface area contributed by atoms with Crippen LogP contribution >= 0.6 is 0 Å². The van der Waals surface area contributed by atoms with Crippen LogP contribution in [0.25, 0.3) is 0 Å². The number of benzene rings is 1. The minimum absolute atomic E-state index is 0.0294. The van der Waals surface area contributed by atoms with E-state index in [1.807, 2.05) is 45.7 Å². The molecule has 1 aromatic heterocycles. The molecule has 2 aromatic rings. The third kappa shape index (κ3) is 3.18. The number of hydrogen-bond acceptors (Lipinski definition) is 6. The van der Waals surface area contributed by atoms with E-state index in [9.17, 15) is 9.59 Å². The highest BCUT2D eigenvalue weighted by molar-refractivity contribution is 5.92. The Morgan fingerprint density at radius 2 is 1.78 bits per heavy atom. The van der Waals surface area contributed by atoms with E-state index in [1.54, 1.807) is 13.4 Å². The maximum Gasteiger partial charge on any atom is 0.248 e. The average Bonchev–Trinajstić information content (AvgIpc) is 3.32. The summed E-state index contributed by atoms with van der Waals surface area (Å²) in [6.45, 7) is 2.48. The quantitative estimate of drug-likeness (QED) is 0.666. The molecule has 1 atom stereocenters. The lowest BCUT2D eigenvalue weighted by Crippen LogP contribution is -2.63. The standard InChI is InChI=1S/C23H29N5O4/c1-26-15-24-25-20(26)18-10-27(19(29)11-31-2)12-22(18)13-28(14-22)21(30)23(8-9-23)16-4-6-17(32-3)7-5-16/h4-7,15,18H,8-14H2,1-3H3. The van der Waals surface area contributed by atoms with Gasteiger partial charge in [-0.1, -0.05) is 12.1 Å². The molecule has 1 spiro atoms. The van der Waals surface area contributed by atoms with Gasteiger partial charge in [-0.15, -0.1) is 10.2 Å². The molecular formula is C23H29N5O4. The SMILES string of the molecule is COCC(=O)N1CC(c2nncn2C)C2(C1)CN(C(=O)C1(c3ccc(OC)cc3)CC1)C2. The molecule has 0 radical (unpaired) electrons. The summed E-state index contributed by atoms with van der Waals surface area (Å²) in [7, 11) is 5.09. The lowest BCUT2D eigenvalue weighted by atomic mass is 9.70. The number of methoxy groups -OCH3 is 2. The number of aromatic nitrogens is 3. The third-order valence-electron chi connectivity index (χ3n) is 7.43. The fraction of sp³-hybridized carbons (Fsp3) is 0.565. The van der Waals surface area contributed by atoms with Crippen molar-refractivity contribution in [1.29, 1.82) is 0 Å². The molecule has 9 nitrogen and oxygen atoms in total. The summed E-state index contributed by atoms with van der Waals surface area (Å²) in [5.74, 6) is 1.85.